The third-order valence-electron chi connectivity index (χ3n) is 4.77. The Kier molecular flexibility index (Phi) is 6.64. The van der Waals surface area contributed by atoms with E-state index in [0.717, 1.165) is 63.6 Å². The van der Waals surface area contributed by atoms with Gasteiger partial charge in [0.1, 0.15) is 11.5 Å². The molecule has 0 saturated heterocycles. The smallest absolute Gasteiger partial charge is 0.135 e. The molecular weight excluding hydrogens is 400 g/mol. The van der Waals surface area contributed by atoms with Crippen LogP contribution < -0.4 is 9.47 Å². The highest BCUT2D eigenvalue weighted by Crippen LogP contribution is 2.43. The summed E-state index contributed by atoms with van der Waals surface area (Å²) in [6, 6.07) is 14.8. The standard InChI is InChI=1S/C24H29BrO2/c1-16(2)11-13-26-23-19-7-5-6-8-20(19)24(27-14-12-17(3)4)22-15-18(25)9-10-21(22)23/h5-10,15-17H,11-14H2,1-4H3. The van der Waals surface area contributed by atoms with Gasteiger partial charge in [-0.3, -0.25) is 0 Å². The topological polar surface area (TPSA) is 18.5 Å². The van der Waals surface area contributed by atoms with Gasteiger partial charge in [0.15, 0.2) is 0 Å². The van der Waals surface area contributed by atoms with Gasteiger partial charge in [0.25, 0.3) is 0 Å². The van der Waals surface area contributed by atoms with Crippen LogP contribution in [0.15, 0.2) is 46.9 Å². The van der Waals surface area contributed by atoms with Gasteiger partial charge in [0.05, 0.1) is 13.2 Å². The van der Waals surface area contributed by atoms with Crippen molar-refractivity contribution in [2.75, 3.05) is 13.2 Å². The van der Waals surface area contributed by atoms with Crippen molar-refractivity contribution in [3.8, 4) is 11.5 Å². The predicted molar refractivity (Wildman–Crippen MR) is 119 cm³/mol. The van der Waals surface area contributed by atoms with Crippen molar-refractivity contribution in [2.24, 2.45) is 11.8 Å². The van der Waals surface area contributed by atoms with Crippen LogP contribution in [0.1, 0.15) is 40.5 Å². The van der Waals surface area contributed by atoms with Gasteiger partial charge in [-0.25, -0.2) is 0 Å². The quantitative estimate of drug-likeness (QED) is 0.343. The van der Waals surface area contributed by atoms with E-state index in [4.69, 9.17) is 9.47 Å². The molecule has 2 nitrogen and oxygen atoms in total. The first-order chi connectivity index (χ1) is 13.0. The van der Waals surface area contributed by atoms with Crippen molar-refractivity contribution in [3.63, 3.8) is 0 Å². The molecular formula is C24H29BrO2. The fourth-order valence-corrected chi connectivity index (χ4v) is 3.54. The van der Waals surface area contributed by atoms with E-state index >= 15 is 0 Å². The Bertz CT molecular complexity index is 915. The normalized spacial score (nSPS) is 11.7. The Balaban J connectivity index is 2.13. The van der Waals surface area contributed by atoms with E-state index in [1.807, 2.05) is 0 Å². The van der Waals surface area contributed by atoms with Crippen LogP contribution in [-0.4, -0.2) is 13.2 Å². The lowest BCUT2D eigenvalue weighted by molar-refractivity contribution is 0.291. The molecule has 0 unspecified atom stereocenters. The first-order valence-corrected chi connectivity index (χ1v) is 10.7. The van der Waals surface area contributed by atoms with E-state index in [2.05, 4.69) is 86.1 Å². The molecule has 0 fully saturated rings. The highest BCUT2D eigenvalue weighted by atomic mass is 79.9. The molecule has 0 heterocycles. The Morgan fingerprint density at radius 2 is 1.19 bits per heavy atom. The van der Waals surface area contributed by atoms with Crippen LogP contribution >= 0.6 is 15.9 Å². The van der Waals surface area contributed by atoms with Crippen molar-refractivity contribution in [2.45, 2.75) is 40.5 Å². The third-order valence-corrected chi connectivity index (χ3v) is 5.26. The molecule has 0 bridgehead atoms. The maximum Gasteiger partial charge on any atom is 0.135 e. The summed E-state index contributed by atoms with van der Waals surface area (Å²) in [6.45, 7) is 10.3. The molecule has 3 heteroatoms. The summed E-state index contributed by atoms with van der Waals surface area (Å²) in [7, 11) is 0. The molecule has 0 spiro atoms. The molecule has 3 rings (SSSR count). The van der Waals surface area contributed by atoms with Gasteiger partial charge in [-0.15, -0.1) is 0 Å². The molecule has 3 aromatic carbocycles. The number of hydrogen-bond donors (Lipinski definition) is 0. The van der Waals surface area contributed by atoms with Crippen molar-refractivity contribution in [3.05, 3.63) is 46.9 Å². The van der Waals surface area contributed by atoms with Gasteiger partial charge in [0.2, 0.25) is 0 Å². The highest BCUT2D eigenvalue weighted by Gasteiger charge is 2.16. The van der Waals surface area contributed by atoms with Crippen LogP contribution in [0.4, 0.5) is 0 Å². The summed E-state index contributed by atoms with van der Waals surface area (Å²) in [6.07, 6.45) is 2.08. The summed E-state index contributed by atoms with van der Waals surface area (Å²) >= 11 is 3.62. The minimum absolute atomic E-state index is 0.618. The second-order valence-corrected chi connectivity index (χ2v) is 8.87. The monoisotopic (exact) mass is 428 g/mol. The van der Waals surface area contributed by atoms with Gasteiger partial charge < -0.3 is 9.47 Å². The van der Waals surface area contributed by atoms with Crippen molar-refractivity contribution in [1.29, 1.82) is 0 Å². The van der Waals surface area contributed by atoms with E-state index in [9.17, 15) is 0 Å². The molecule has 0 radical (unpaired) electrons. The number of halogens is 1. The molecule has 0 N–H and O–H groups in total. The van der Waals surface area contributed by atoms with Gasteiger partial charge in [-0.1, -0.05) is 67.9 Å². The third kappa shape index (κ3) is 4.76. The fourth-order valence-electron chi connectivity index (χ4n) is 3.18. The van der Waals surface area contributed by atoms with E-state index in [1.165, 1.54) is 0 Å². The summed E-state index contributed by atoms with van der Waals surface area (Å²) in [5.74, 6) is 3.16. The van der Waals surface area contributed by atoms with Crippen LogP contribution in [0.5, 0.6) is 11.5 Å². The molecule has 144 valence electrons. The molecule has 0 aliphatic rings. The Morgan fingerprint density at radius 1 is 0.704 bits per heavy atom. The van der Waals surface area contributed by atoms with Crippen molar-refractivity contribution >= 4 is 37.5 Å². The Labute approximate surface area is 171 Å². The fraction of sp³-hybridized carbons (Fsp3) is 0.417. The summed E-state index contributed by atoms with van der Waals surface area (Å²) < 4.78 is 13.7. The van der Waals surface area contributed by atoms with Crippen LogP contribution in [0, 0.1) is 11.8 Å². The van der Waals surface area contributed by atoms with Crippen molar-refractivity contribution in [1.82, 2.24) is 0 Å². The number of rotatable bonds is 8. The number of hydrogen-bond acceptors (Lipinski definition) is 2. The maximum absolute atomic E-state index is 6.32. The molecule has 0 atom stereocenters. The molecule has 0 saturated carbocycles. The predicted octanol–water partition coefficient (Wildman–Crippen LogP) is 7.61. The molecule has 3 aromatic rings. The van der Waals surface area contributed by atoms with E-state index in [-0.39, 0.29) is 0 Å². The van der Waals surface area contributed by atoms with E-state index in [1.54, 1.807) is 0 Å². The Morgan fingerprint density at radius 3 is 1.70 bits per heavy atom. The molecule has 0 aliphatic carbocycles. The van der Waals surface area contributed by atoms with Crippen LogP contribution in [-0.2, 0) is 0 Å². The van der Waals surface area contributed by atoms with E-state index in [0.29, 0.717) is 11.8 Å². The first-order valence-electron chi connectivity index (χ1n) is 9.87. The zero-order valence-corrected chi connectivity index (χ0v) is 18.3. The first kappa shape index (κ1) is 20.0. The average molecular weight is 429 g/mol. The van der Waals surface area contributed by atoms with Gasteiger partial charge in [-0.2, -0.15) is 0 Å². The zero-order valence-electron chi connectivity index (χ0n) is 16.7. The summed E-state index contributed by atoms with van der Waals surface area (Å²) in [4.78, 5) is 0. The lowest BCUT2D eigenvalue weighted by Crippen LogP contribution is -2.05. The molecule has 0 aromatic heterocycles. The largest absolute Gasteiger partial charge is 0.492 e. The summed E-state index contributed by atoms with van der Waals surface area (Å²) in [5, 5.41) is 4.45. The molecule has 0 aliphatic heterocycles. The lowest BCUT2D eigenvalue weighted by Gasteiger charge is -2.19. The van der Waals surface area contributed by atoms with Crippen LogP contribution in [0.3, 0.4) is 0 Å². The lowest BCUT2D eigenvalue weighted by atomic mass is 10.0. The minimum Gasteiger partial charge on any atom is -0.492 e. The number of fused-ring (bicyclic) bond motifs is 2. The molecule has 27 heavy (non-hydrogen) atoms. The van der Waals surface area contributed by atoms with Gasteiger partial charge >= 0.3 is 0 Å². The van der Waals surface area contributed by atoms with E-state index < -0.39 is 0 Å². The van der Waals surface area contributed by atoms with Crippen LogP contribution in [0.25, 0.3) is 21.5 Å². The SMILES string of the molecule is CC(C)CCOc1c2ccccc2c(OCCC(C)C)c2cc(Br)ccc12. The average Bonchev–Trinajstić information content (AvgIpc) is 2.62. The number of benzene rings is 3. The highest BCUT2D eigenvalue weighted by molar-refractivity contribution is 9.10. The molecule has 0 amide bonds. The van der Waals surface area contributed by atoms with Gasteiger partial charge in [0, 0.05) is 26.0 Å². The Hall–Kier alpha value is -1.74. The second-order valence-electron chi connectivity index (χ2n) is 7.96. The zero-order chi connectivity index (χ0) is 19.4. The number of ether oxygens (including phenoxy) is 2. The van der Waals surface area contributed by atoms with Crippen molar-refractivity contribution < 1.29 is 9.47 Å². The minimum atomic E-state index is 0.618. The maximum atomic E-state index is 6.32. The second kappa shape index (κ2) is 8.97. The van der Waals surface area contributed by atoms with Gasteiger partial charge in [-0.05, 0) is 42.9 Å². The summed E-state index contributed by atoms with van der Waals surface area (Å²) in [5.41, 5.74) is 0. The van der Waals surface area contributed by atoms with Crippen LogP contribution in [0.2, 0.25) is 0 Å².